The zero-order chi connectivity index (χ0) is 10.3. The zero-order valence-corrected chi connectivity index (χ0v) is 8.91. The van der Waals surface area contributed by atoms with E-state index in [1.165, 1.54) is 25.7 Å². The van der Waals surface area contributed by atoms with Gasteiger partial charge in [0.15, 0.2) is 5.82 Å². The number of hydrogen-bond acceptors (Lipinski definition) is 4. The van der Waals surface area contributed by atoms with Crippen molar-refractivity contribution in [3.63, 3.8) is 0 Å². The molecule has 1 aromatic rings. The Hall–Kier alpha value is -0.900. The molecular formula is C11H17N3O. The summed E-state index contributed by atoms with van der Waals surface area (Å²) in [5, 5.41) is 4.09. The summed E-state index contributed by atoms with van der Waals surface area (Å²) in [6, 6.07) is 0. The normalized spacial score (nSPS) is 24.6. The molecule has 0 unspecified atom stereocenters. The molecule has 1 heterocycles. The van der Waals surface area contributed by atoms with E-state index in [0.29, 0.717) is 12.5 Å². The van der Waals surface area contributed by atoms with Crippen molar-refractivity contribution in [3.05, 3.63) is 11.7 Å². The summed E-state index contributed by atoms with van der Waals surface area (Å²) in [5.74, 6) is 2.26. The van der Waals surface area contributed by atoms with Crippen molar-refractivity contribution in [3.8, 4) is 0 Å². The van der Waals surface area contributed by atoms with Crippen LogP contribution in [0.3, 0.4) is 0 Å². The fraction of sp³-hybridized carbons (Fsp3) is 0.818. The monoisotopic (exact) mass is 207 g/mol. The summed E-state index contributed by atoms with van der Waals surface area (Å²) in [6.07, 6.45) is 7.18. The molecule has 0 aromatic carbocycles. The third kappa shape index (κ3) is 1.31. The van der Waals surface area contributed by atoms with Gasteiger partial charge < -0.3 is 10.3 Å². The summed E-state index contributed by atoms with van der Waals surface area (Å²) in [4.78, 5) is 4.54. The van der Waals surface area contributed by atoms with Crippen LogP contribution in [-0.2, 0) is 5.41 Å². The van der Waals surface area contributed by atoms with E-state index in [1.54, 1.807) is 0 Å². The minimum Gasteiger partial charge on any atom is -0.339 e. The molecule has 4 heteroatoms. The van der Waals surface area contributed by atoms with Gasteiger partial charge in [-0.2, -0.15) is 4.98 Å². The SMILES string of the molecule is NCC1(c2nc(C3CCC3)no2)CCC1. The molecule has 2 aliphatic carbocycles. The van der Waals surface area contributed by atoms with Crippen molar-refractivity contribution in [1.29, 1.82) is 0 Å². The van der Waals surface area contributed by atoms with Gasteiger partial charge in [0.05, 0.1) is 5.41 Å². The van der Waals surface area contributed by atoms with E-state index in [1.807, 2.05) is 0 Å². The summed E-state index contributed by atoms with van der Waals surface area (Å²) >= 11 is 0. The van der Waals surface area contributed by atoms with Crippen LogP contribution in [-0.4, -0.2) is 16.7 Å². The quantitative estimate of drug-likeness (QED) is 0.819. The first-order valence-corrected chi connectivity index (χ1v) is 5.88. The standard InChI is InChI=1S/C11H17N3O/c12-7-11(5-2-6-11)10-13-9(14-15-10)8-3-1-4-8/h8H,1-7,12H2. The molecule has 2 saturated carbocycles. The smallest absolute Gasteiger partial charge is 0.234 e. The number of hydrogen-bond donors (Lipinski definition) is 1. The molecule has 2 N–H and O–H groups in total. The maximum atomic E-state index is 5.80. The van der Waals surface area contributed by atoms with E-state index >= 15 is 0 Å². The minimum absolute atomic E-state index is 0.0228. The number of nitrogens with zero attached hydrogens (tertiary/aromatic N) is 2. The Morgan fingerprint density at radius 2 is 2.13 bits per heavy atom. The molecule has 0 spiro atoms. The van der Waals surface area contributed by atoms with Crippen LogP contribution < -0.4 is 5.73 Å². The van der Waals surface area contributed by atoms with E-state index in [-0.39, 0.29) is 5.41 Å². The molecule has 0 atom stereocenters. The third-order valence-electron chi connectivity index (χ3n) is 4.07. The molecule has 0 aliphatic heterocycles. The topological polar surface area (TPSA) is 64.9 Å². The fourth-order valence-corrected chi connectivity index (χ4v) is 2.39. The Kier molecular flexibility index (Phi) is 2.06. The Balaban J connectivity index is 1.82. The van der Waals surface area contributed by atoms with E-state index in [2.05, 4.69) is 10.1 Å². The van der Waals surface area contributed by atoms with Crippen LogP contribution in [0.25, 0.3) is 0 Å². The number of rotatable bonds is 3. The number of nitrogens with two attached hydrogens (primary N) is 1. The van der Waals surface area contributed by atoms with Crippen LogP contribution >= 0.6 is 0 Å². The second-order valence-corrected chi connectivity index (χ2v) is 4.92. The molecule has 0 radical (unpaired) electrons. The molecule has 15 heavy (non-hydrogen) atoms. The minimum atomic E-state index is 0.0228. The Morgan fingerprint density at radius 1 is 1.33 bits per heavy atom. The van der Waals surface area contributed by atoms with Gasteiger partial charge in [-0.05, 0) is 25.7 Å². The first-order chi connectivity index (χ1) is 7.34. The van der Waals surface area contributed by atoms with Gasteiger partial charge in [-0.3, -0.25) is 0 Å². The van der Waals surface area contributed by atoms with Crippen LogP contribution in [0.2, 0.25) is 0 Å². The second kappa shape index (κ2) is 3.30. The van der Waals surface area contributed by atoms with Gasteiger partial charge in [0.2, 0.25) is 5.89 Å². The van der Waals surface area contributed by atoms with Crippen molar-refractivity contribution in [2.45, 2.75) is 49.9 Å². The number of aromatic nitrogens is 2. The molecule has 4 nitrogen and oxygen atoms in total. The molecule has 2 aliphatic rings. The van der Waals surface area contributed by atoms with Gasteiger partial charge in [0.25, 0.3) is 0 Å². The average molecular weight is 207 g/mol. The maximum absolute atomic E-state index is 5.80. The largest absolute Gasteiger partial charge is 0.339 e. The van der Waals surface area contributed by atoms with Gasteiger partial charge in [-0.15, -0.1) is 0 Å². The lowest BCUT2D eigenvalue weighted by Crippen LogP contribution is -2.41. The van der Waals surface area contributed by atoms with Crippen LogP contribution in [0.5, 0.6) is 0 Å². The Bertz CT molecular complexity index is 347. The third-order valence-corrected chi connectivity index (χ3v) is 4.07. The predicted octanol–water partition coefficient (Wildman–Crippen LogP) is 1.72. The van der Waals surface area contributed by atoms with E-state index in [9.17, 15) is 0 Å². The lowest BCUT2D eigenvalue weighted by Gasteiger charge is -2.37. The molecule has 0 bridgehead atoms. The van der Waals surface area contributed by atoms with Crippen molar-refractivity contribution < 1.29 is 4.52 Å². The van der Waals surface area contributed by atoms with Gasteiger partial charge in [0, 0.05) is 12.5 Å². The molecule has 2 fully saturated rings. The zero-order valence-electron chi connectivity index (χ0n) is 8.91. The van der Waals surface area contributed by atoms with E-state index in [0.717, 1.165) is 24.6 Å². The van der Waals surface area contributed by atoms with Crippen LogP contribution in [0.1, 0.15) is 56.2 Å². The van der Waals surface area contributed by atoms with Gasteiger partial charge in [-0.25, -0.2) is 0 Å². The predicted molar refractivity (Wildman–Crippen MR) is 55.5 cm³/mol. The maximum Gasteiger partial charge on any atom is 0.234 e. The van der Waals surface area contributed by atoms with Crippen LogP contribution in [0.15, 0.2) is 4.52 Å². The van der Waals surface area contributed by atoms with E-state index in [4.69, 9.17) is 10.3 Å². The summed E-state index contributed by atoms with van der Waals surface area (Å²) < 4.78 is 5.38. The first-order valence-electron chi connectivity index (χ1n) is 5.88. The van der Waals surface area contributed by atoms with Crippen molar-refractivity contribution in [1.82, 2.24) is 10.1 Å². The highest BCUT2D eigenvalue weighted by Crippen LogP contribution is 2.43. The Morgan fingerprint density at radius 3 is 2.60 bits per heavy atom. The van der Waals surface area contributed by atoms with Crippen molar-refractivity contribution in [2.75, 3.05) is 6.54 Å². The van der Waals surface area contributed by atoms with E-state index < -0.39 is 0 Å². The molecule has 82 valence electrons. The molecule has 0 amide bonds. The van der Waals surface area contributed by atoms with Gasteiger partial charge >= 0.3 is 0 Å². The summed E-state index contributed by atoms with van der Waals surface area (Å²) in [5.41, 5.74) is 5.83. The fourth-order valence-electron chi connectivity index (χ4n) is 2.39. The average Bonchev–Trinajstić information content (AvgIpc) is 2.50. The van der Waals surface area contributed by atoms with Crippen molar-refractivity contribution >= 4 is 0 Å². The Labute approximate surface area is 89.2 Å². The summed E-state index contributed by atoms with van der Waals surface area (Å²) in [7, 11) is 0. The second-order valence-electron chi connectivity index (χ2n) is 4.92. The highest BCUT2D eigenvalue weighted by molar-refractivity contribution is 5.13. The highest BCUT2D eigenvalue weighted by Gasteiger charge is 2.43. The molecule has 0 saturated heterocycles. The molecular weight excluding hydrogens is 190 g/mol. The summed E-state index contributed by atoms with van der Waals surface area (Å²) in [6.45, 7) is 0.638. The highest BCUT2D eigenvalue weighted by atomic mass is 16.5. The molecule has 1 aromatic heterocycles. The van der Waals surface area contributed by atoms with Crippen LogP contribution in [0.4, 0.5) is 0 Å². The van der Waals surface area contributed by atoms with Crippen LogP contribution in [0, 0.1) is 0 Å². The van der Waals surface area contributed by atoms with Gasteiger partial charge in [-0.1, -0.05) is 18.0 Å². The lowest BCUT2D eigenvalue weighted by molar-refractivity contribution is 0.181. The van der Waals surface area contributed by atoms with Gasteiger partial charge in [0.1, 0.15) is 0 Å². The molecule has 3 rings (SSSR count). The van der Waals surface area contributed by atoms with Crippen molar-refractivity contribution in [2.24, 2.45) is 5.73 Å². The first kappa shape index (κ1) is 9.33. The lowest BCUT2D eigenvalue weighted by atomic mass is 9.68.